The number of ether oxygens (including phenoxy) is 2. The summed E-state index contributed by atoms with van der Waals surface area (Å²) in [5, 5.41) is 0. The molecule has 5 nitrogen and oxygen atoms in total. The van der Waals surface area contributed by atoms with Crippen molar-refractivity contribution in [1.29, 1.82) is 0 Å². The Kier molecular flexibility index (Phi) is 11.6. The van der Waals surface area contributed by atoms with E-state index in [-0.39, 0.29) is 12.1 Å². The highest BCUT2D eigenvalue weighted by Crippen LogP contribution is 2.26. The minimum Gasteiger partial charge on any atom is -0.445 e. The van der Waals surface area contributed by atoms with Crippen LogP contribution in [0.5, 0.6) is 0 Å². The van der Waals surface area contributed by atoms with Gasteiger partial charge in [0.05, 0.1) is 6.10 Å². The Morgan fingerprint density at radius 3 is 2.43 bits per heavy atom. The minimum atomic E-state index is -0.249. The van der Waals surface area contributed by atoms with Crippen molar-refractivity contribution in [1.82, 2.24) is 9.80 Å². The van der Waals surface area contributed by atoms with Gasteiger partial charge >= 0.3 is 6.09 Å². The monoisotopic (exact) mass is 416 g/mol. The van der Waals surface area contributed by atoms with Gasteiger partial charge in [-0.05, 0) is 64.7 Å². The summed E-state index contributed by atoms with van der Waals surface area (Å²) in [6.45, 7) is 6.67. The second-order valence-electron chi connectivity index (χ2n) is 8.50. The first-order chi connectivity index (χ1) is 14.6. The van der Waals surface area contributed by atoms with E-state index < -0.39 is 0 Å². The van der Waals surface area contributed by atoms with Crippen molar-refractivity contribution >= 4 is 6.09 Å². The summed E-state index contributed by atoms with van der Waals surface area (Å²) >= 11 is 0. The van der Waals surface area contributed by atoms with Crippen LogP contribution in [0.4, 0.5) is 4.79 Å². The molecule has 5 heteroatoms. The summed E-state index contributed by atoms with van der Waals surface area (Å²) in [4.78, 5) is 16.7. The predicted molar refractivity (Wildman–Crippen MR) is 123 cm³/mol. The summed E-state index contributed by atoms with van der Waals surface area (Å²) in [7, 11) is 4.25. The molecule has 0 N–H and O–H groups in total. The van der Waals surface area contributed by atoms with E-state index in [1.165, 1.54) is 25.8 Å². The average molecular weight is 417 g/mol. The molecule has 0 aromatic heterocycles. The summed E-state index contributed by atoms with van der Waals surface area (Å²) in [6.07, 6.45) is 10.7. The van der Waals surface area contributed by atoms with Crippen molar-refractivity contribution in [2.45, 2.75) is 70.1 Å². The molecule has 1 fully saturated rings. The fraction of sp³-hybridized carbons (Fsp3) is 0.640. The minimum absolute atomic E-state index is 0.206. The number of carbonyl (C=O) groups is 1. The maximum atomic E-state index is 12.6. The molecule has 0 spiro atoms. The normalized spacial score (nSPS) is 18.9. The van der Waals surface area contributed by atoms with Crippen LogP contribution >= 0.6 is 0 Å². The van der Waals surface area contributed by atoms with Crippen LogP contribution in [0, 0.1) is 0 Å². The molecule has 30 heavy (non-hydrogen) atoms. The van der Waals surface area contributed by atoms with Gasteiger partial charge in [0.1, 0.15) is 6.61 Å². The smallest absolute Gasteiger partial charge is 0.410 e. The van der Waals surface area contributed by atoms with Gasteiger partial charge in [-0.1, -0.05) is 49.2 Å². The molecule has 1 aliphatic carbocycles. The van der Waals surface area contributed by atoms with Crippen molar-refractivity contribution in [2.24, 2.45) is 0 Å². The zero-order valence-electron chi connectivity index (χ0n) is 18.9. The first-order valence-electron chi connectivity index (χ1n) is 11.4. The molecule has 1 saturated carbocycles. The van der Waals surface area contributed by atoms with Gasteiger partial charge in [0.15, 0.2) is 0 Å². The number of unbranched alkanes of at least 4 members (excludes halogenated alkanes) is 3. The molecule has 0 bridgehead atoms. The topological polar surface area (TPSA) is 42.0 Å². The van der Waals surface area contributed by atoms with Crippen molar-refractivity contribution in [2.75, 3.05) is 33.8 Å². The van der Waals surface area contributed by atoms with Crippen LogP contribution in [0.25, 0.3) is 0 Å². The lowest BCUT2D eigenvalue weighted by molar-refractivity contribution is 0.00493. The zero-order valence-corrected chi connectivity index (χ0v) is 18.9. The van der Waals surface area contributed by atoms with E-state index >= 15 is 0 Å². The third-order valence-corrected chi connectivity index (χ3v) is 5.70. The van der Waals surface area contributed by atoms with Gasteiger partial charge in [-0.3, -0.25) is 0 Å². The summed E-state index contributed by atoms with van der Waals surface area (Å²) in [5.74, 6) is 0. The highest BCUT2D eigenvalue weighted by atomic mass is 16.6. The number of rotatable bonds is 13. The molecule has 168 valence electrons. The highest BCUT2D eigenvalue weighted by Gasteiger charge is 2.29. The van der Waals surface area contributed by atoms with Gasteiger partial charge in [-0.25, -0.2) is 4.79 Å². The van der Waals surface area contributed by atoms with Crippen LogP contribution in [0.3, 0.4) is 0 Å². The Morgan fingerprint density at radius 2 is 1.77 bits per heavy atom. The number of benzene rings is 1. The van der Waals surface area contributed by atoms with E-state index in [1.807, 2.05) is 35.2 Å². The predicted octanol–water partition coefficient (Wildman–Crippen LogP) is 5.26. The molecular formula is C25H40N2O3. The molecule has 1 aromatic carbocycles. The SMILES string of the molecule is C=CCN(C(=O)OCc1ccccc1)C1CCC(OCCCCCCN(C)C)CC1. The fourth-order valence-electron chi connectivity index (χ4n) is 3.97. The van der Waals surface area contributed by atoms with Crippen LogP contribution in [0.2, 0.25) is 0 Å². The molecule has 0 heterocycles. The van der Waals surface area contributed by atoms with Crippen LogP contribution in [-0.4, -0.2) is 61.8 Å². The van der Waals surface area contributed by atoms with Gasteiger partial charge in [-0.15, -0.1) is 6.58 Å². The fourth-order valence-corrected chi connectivity index (χ4v) is 3.97. The molecule has 0 aliphatic heterocycles. The number of amides is 1. The lowest BCUT2D eigenvalue weighted by Gasteiger charge is -2.35. The van der Waals surface area contributed by atoms with Gasteiger partial charge < -0.3 is 19.3 Å². The lowest BCUT2D eigenvalue weighted by Crippen LogP contribution is -2.43. The van der Waals surface area contributed by atoms with Gasteiger partial charge in [0, 0.05) is 19.2 Å². The molecule has 1 aliphatic rings. The van der Waals surface area contributed by atoms with Crippen LogP contribution < -0.4 is 0 Å². The van der Waals surface area contributed by atoms with Crippen molar-refractivity contribution < 1.29 is 14.3 Å². The first-order valence-corrected chi connectivity index (χ1v) is 11.4. The number of nitrogens with zero attached hydrogens (tertiary/aromatic N) is 2. The molecule has 0 unspecified atom stereocenters. The Bertz CT molecular complexity index is 598. The van der Waals surface area contributed by atoms with Crippen LogP contribution in [-0.2, 0) is 16.1 Å². The molecule has 1 amide bonds. The Hall–Kier alpha value is -1.85. The van der Waals surface area contributed by atoms with Crippen LogP contribution in [0.1, 0.15) is 56.9 Å². The third-order valence-electron chi connectivity index (χ3n) is 5.70. The van der Waals surface area contributed by atoms with E-state index in [2.05, 4.69) is 25.6 Å². The number of hydrogen-bond donors (Lipinski definition) is 0. The second-order valence-corrected chi connectivity index (χ2v) is 8.50. The Labute approximate surface area is 183 Å². The summed E-state index contributed by atoms with van der Waals surface area (Å²) in [6, 6.07) is 10.0. The number of carbonyl (C=O) groups excluding carboxylic acids is 1. The number of hydrogen-bond acceptors (Lipinski definition) is 4. The Balaban J connectivity index is 1.65. The molecule has 2 rings (SSSR count). The van der Waals surface area contributed by atoms with Crippen LogP contribution in [0.15, 0.2) is 43.0 Å². The van der Waals surface area contributed by atoms with Gasteiger partial charge in [0.25, 0.3) is 0 Å². The van der Waals surface area contributed by atoms with E-state index in [9.17, 15) is 4.79 Å². The van der Waals surface area contributed by atoms with Gasteiger partial charge in [0.2, 0.25) is 0 Å². The maximum Gasteiger partial charge on any atom is 0.410 e. The summed E-state index contributed by atoms with van der Waals surface area (Å²) in [5.41, 5.74) is 1.00. The molecule has 0 radical (unpaired) electrons. The van der Waals surface area contributed by atoms with Crippen molar-refractivity contribution in [3.05, 3.63) is 48.6 Å². The van der Waals surface area contributed by atoms with E-state index in [4.69, 9.17) is 9.47 Å². The van der Waals surface area contributed by atoms with Crippen molar-refractivity contribution in [3.63, 3.8) is 0 Å². The van der Waals surface area contributed by atoms with E-state index in [0.29, 0.717) is 19.3 Å². The Morgan fingerprint density at radius 1 is 1.07 bits per heavy atom. The van der Waals surface area contributed by atoms with Gasteiger partial charge in [-0.2, -0.15) is 0 Å². The average Bonchev–Trinajstić information content (AvgIpc) is 2.76. The van der Waals surface area contributed by atoms with Crippen molar-refractivity contribution in [3.8, 4) is 0 Å². The third kappa shape index (κ3) is 9.31. The standard InChI is InChI=1S/C25H40N2O3/c1-4-18-27(25(28)30-21-22-12-8-7-9-13-22)23-14-16-24(17-15-23)29-20-11-6-5-10-19-26(2)3/h4,7-9,12-13,23-24H,1,5-6,10-11,14-21H2,2-3H3. The zero-order chi connectivity index (χ0) is 21.6. The highest BCUT2D eigenvalue weighted by molar-refractivity contribution is 5.68. The molecule has 1 aromatic rings. The molecule has 0 saturated heterocycles. The quantitative estimate of drug-likeness (QED) is 0.325. The van der Waals surface area contributed by atoms with E-state index in [1.54, 1.807) is 6.08 Å². The first kappa shape index (κ1) is 24.4. The lowest BCUT2D eigenvalue weighted by atomic mass is 9.92. The largest absolute Gasteiger partial charge is 0.445 e. The molecule has 0 atom stereocenters. The maximum absolute atomic E-state index is 12.6. The molecular weight excluding hydrogens is 376 g/mol. The second kappa shape index (κ2) is 14.2. The summed E-state index contributed by atoms with van der Waals surface area (Å²) < 4.78 is 11.7. The van der Waals surface area contributed by atoms with E-state index in [0.717, 1.165) is 44.3 Å².